The van der Waals surface area contributed by atoms with Crippen molar-refractivity contribution in [3.8, 4) is 0 Å². The van der Waals surface area contributed by atoms with Gasteiger partial charge in [0.25, 0.3) is 0 Å². The standard InChI is InChI=1S/C27H44O3/c1-18(8-6-14-26(3,4)30)23-12-13-24-20(9-7-15-27(23,24)5)10-11-21-16-22(28)17-25(29)19(21)2/h10-11,18,22-25,28-30H,2,6-9,12-17H2,1,3-5H3/t18-,22+,23-,24+,25-,27-/m1/s1. The topological polar surface area (TPSA) is 60.7 Å². The highest BCUT2D eigenvalue weighted by Crippen LogP contribution is 2.60. The van der Waals surface area contributed by atoms with Gasteiger partial charge >= 0.3 is 0 Å². The lowest BCUT2D eigenvalue weighted by Gasteiger charge is -2.44. The van der Waals surface area contributed by atoms with Crippen molar-refractivity contribution in [3.63, 3.8) is 0 Å². The van der Waals surface area contributed by atoms with Crippen molar-refractivity contribution in [2.75, 3.05) is 0 Å². The van der Waals surface area contributed by atoms with Crippen molar-refractivity contribution in [2.45, 2.75) is 110 Å². The molecule has 6 atom stereocenters. The maximum absolute atomic E-state index is 10.1. The molecule has 3 aliphatic carbocycles. The van der Waals surface area contributed by atoms with Crippen molar-refractivity contribution in [1.29, 1.82) is 0 Å². The molecule has 30 heavy (non-hydrogen) atoms. The molecule has 0 amide bonds. The lowest BCUT2D eigenvalue weighted by Crippen LogP contribution is -2.36. The number of hydrogen-bond donors (Lipinski definition) is 3. The van der Waals surface area contributed by atoms with Crippen LogP contribution in [0.4, 0.5) is 0 Å². The first-order valence-corrected chi connectivity index (χ1v) is 12.2. The van der Waals surface area contributed by atoms with Crippen LogP contribution in [0, 0.1) is 23.2 Å². The van der Waals surface area contributed by atoms with Crippen molar-refractivity contribution >= 4 is 0 Å². The second-order valence-electron chi connectivity index (χ2n) is 11.3. The van der Waals surface area contributed by atoms with Gasteiger partial charge in [0.05, 0.1) is 17.8 Å². The molecule has 0 aliphatic heterocycles. The van der Waals surface area contributed by atoms with Gasteiger partial charge in [0.1, 0.15) is 0 Å². The Morgan fingerprint density at radius 2 is 1.97 bits per heavy atom. The summed E-state index contributed by atoms with van der Waals surface area (Å²) in [6, 6.07) is 0. The van der Waals surface area contributed by atoms with Gasteiger partial charge in [-0.25, -0.2) is 0 Å². The summed E-state index contributed by atoms with van der Waals surface area (Å²) in [5, 5.41) is 30.2. The highest BCUT2D eigenvalue weighted by atomic mass is 16.3. The van der Waals surface area contributed by atoms with Crippen LogP contribution in [0.15, 0.2) is 35.5 Å². The van der Waals surface area contributed by atoms with Crippen LogP contribution in [0.3, 0.4) is 0 Å². The Bertz CT molecular complexity index is 683. The molecule has 0 saturated heterocycles. The van der Waals surface area contributed by atoms with E-state index in [1.54, 1.807) is 5.57 Å². The Hall–Kier alpha value is -0.900. The summed E-state index contributed by atoms with van der Waals surface area (Å²) in [6.45, 7) is 12.8. The van der Waals surface area contributed by atoms with E-state index in [1.165, 1.54) is 38.5 Å². The lowest BCUT2D eigenvalue weighted by atomic mass is 9.60. The van der Waals surface area contributed by atoms with Gasteiger partial charge in [-0.2, -0.15) is 0 Å². The fourth-order valence-corrected chi connectivity index (χ4v) is 6.74. The smallest absolute Gasteiger partial charge is 0.0811 e. The average molecular weight is 417 g/mol. The molecule has 0 unspecified atom stereocenters. The van der Waals surface area contributed by atoms with Crippen molar-refractivity contribution in [3.05, 3.63) is 35.5 Å². The van der Waals surface area contributed by atoms with E-state index in [2.05, 4.69) is 32.6 Å². The van der Waals surface area contributed by atoms with E-state index in [1.807, 2.05) is 13.8 Å². The number of aliphatic hydroxyl groups excluding tert-OH is 2. The van der Waals surface area contributed by atoms with Crippen LogP contribution in [0.1, 0.15) is 91.9 Å². The van der Waals surface area contributed by atoms with Gasteiger partial charge in [-0.3, -0.25) is 0 Å². The van der Waals surface area contributed by atoms with Crippen LogP contribution in [-0.4, -0.2) is 33.1 Å². The van der Waals surface area contributed by atoms with Gasteiger partial charge < -0.3 is 15.3 Å². The van der Waals surface area contributed by atoms with Gasteiger partial charge in [-0.05, 0) is 93.1 Å². The van der Waals surface area contributed by atoms with E-state index >= 15 is 0 Å². The monoisotopic (exact) mass is 416 g/mol. The van der Waals surface area contributed by atoms with Gasteiger partial charge in [0, 0.05) is 6.42 Å². The Balaban J connectivity index is 1.70. The fourth-order valence-electron chi connectivity index (χ4n) is 6.74. The molecule has 0 bridgehead atoms. The second-order valence-corrected chi connectivity index (χ2v) is 11.3. The predicted molar refractivity (Wildman–Crippen MR) is 124 cm³/mol. The highest BCUT2D eigenvalue weighted by molar-refractivity contribution is 5.38. The van der Waals surface area contributed by atoms with Gasteiger partial charge in [-0.15, -0.1) is 0 Å². The molecule has 3 rings (SSSR count). The summed E-state index contributed by atoms with van der Waals surface area (Å²) >= 11 is 0. The van der Waals surface area contributed by atoms with E-state index in [0.29, 0.717) is 30.1 Å². The minimum absolute atomic E-state index is 0.374. The quantitative estimate of drug-likeness (QED) is 0.520. The molecule has 0 radical (unpaired) electrons. The number of fused-ring (bicyclic) bond motifs is 1. The maximum Gasteiger partial charge on any atom is 0.0811 e. The largest absolute Gasteiger partial charge is 0.393 e. The molecule has 3 aliphatic rings. The zero-order valence-electron chi connectivity index (χ0n) is 19.7. The molecule has 0 aromatic carbocycles. The first-order valence-electron chi connectivity index (χ1n) is 12.2. The normalized spacial score (nSPS) is 38.8. The molecule has 3 heteroatoms. The van der Waals surface area contributed by atoms with Crippen molar-refractivity contribution in [1.82, 2.24) is 0 Å². The molecule has 3 nitrogen and oxygen atoms in total. The molecule has 3 N–H and O–H groups in total. The summed E-state index contributed by atoms with van der Waals surface area (Å²) < 4.78 is 0. The first-order chi connectivity index (χ1) is 14.0. The second kappa shape index (κ2) is 9.30. The molecule has 3 saturated carbocycles. The van der Waals surface area contributed by atoms with Crippen LogP contribution >= 0.6 is 0 Å². The molecular formula is C27H44O3. The van der Waals surface area contributed by atoms with E-state index in [0.717, 1.165) is 29.9 Å². The third-order valence-electron chi connectivity index (χ3n) is 8.44. The van der Waals surface area contributed by atoms with Crippen LogP contribution < -0.4 is 0 Å². The fraction of sp³-hybridized carbons (Fsp3) is 0.778. The number of aliphatic hydroxyl groups is 3. The summed E-state index contributed by atoms with van der Waals surface area (Å²) in [4.78, 5) is 0. The van der Waals surface area contributed by atoms with Crippen LogP contribution in [-0.2, 0) is 0 Å². The molecule has 0 spiro atoms. The zero-order valence-corrected chi connectivity index (χ0v) is 19.7. The SMILES string of the molecule is C=C1C(=CC=C2CCC[C@]3(C)[C@@H]([C@H](C)CCCC(C)(C)O)CC[C@@H]23)C[C@H](O)C[C@H]1O. The summed E-state index contributed by atoms with van der Waals surface area (Å²) in [7, 11) is 0. The van der Waals surface area contributed by atoms with E-state index in [4.69, 9.17) is 0 Å². The predicted octanol–water partition coefficient (Wildman–Crippen LogP) is 5.70. The molecule has 0 aromatic heterocycles. The number of allylic oxidation sites excluding steroid dienone is 3. The average Bonchev–Trinajstić information content (AvgIpc) is 3.00. The summed E-state index contributed by atoms with van der Waals surface area (Å²) in [5.74, 6) is 2.11. The molecule has 0 heterocycles. The lowest BCUT2D eigenvalue weighted by molar-refractivity contribution is 0.0596. The maximum atomic E-state index is 10.1. The summed E-state index contributed by atoms with van der Waals surface area (Å²) in [6.07, 6.45) is 13.9. The van der Waals surface area contributed by atoms with E-state index < -0.39 is 17.8 Å². The first kappa shape index (κ1) is 23.8. The van der Waals surface area contributed by atoms with Gasteiger partial charge in [0.2, 0.25) is 0 Å². The molecule has 170 valence electrons. The van der Waals surface area contributed by atoms with E-state index in [9.17, 15) is 15.3 Å². The Morgan fingerprint density at radius 1 is 1.23 bits per heavy atom. The van der Waals surface area contributed by atoms with Gasteiger partial charge in [0.15, 0.2) is 0 Å². The third kappa shape index (κ3) is 5.29. The number of hydrogen-bond acceptors (Lipinski definition) is 3. The van der Waals surface area contributed by atoms with Crippen LogP contribution in [0.25, 0.3) is 0 Å². The number of rotatable bonds is 6. The molecular weight excluding hydrogens is 372 g/mol. The minimum atomic E-state index is -0.615. The highest BCUT2D eigenvalue weighted by Gasteiger charge is 2.50. The zero-order chi connectivity index (χ0) is 22.1. The Morgan fingerprint density at radius 3 is 2.67 bits per heavy atom. The summed E-state index contributed by atoms with van der Waals surface area (Å²) in [5.41, 5.74) is 3.17. The van der Waals surface area contributed by atoms with Crippen molar-refractivity contribution < 1.29 is 15.3 Å². The molecule has 3 fully saturated rings. The van der Waals surface area contributed by atoms with Crippen LogP contribution in [0.2, 0.25) is 0 Å². The minimum Gasteiger partial charge on any atom is -0.393 e. The Kier molecular flexibility index (Phi) is 7.37. The van der Waals surface area contributed by atoms with E-state index in [-0.39, 0.29) is 0 Å². The Labute approximate surface area is 184 Å². The van der Waals surface area contributed by atoms with Crippen molar-refractivity contribution in [2.24, 2.45) is 23.2 Å². The third-order valence-corrected chi connectivity index (χ3v) is 8.44. The van der Waals surface area contributed by atoms with Crippen LogP contribution in [0.5, 0.6) is 0 Å². The molecule has 0 aromatic rings. The van der Waals surface area contributed by atoms with Gasteiger partial charge in [-0.1, -0.05) is 51.0 Å².